The third kappa shape index (κ3) is 4.19. The maximum atomic E-state index is 12.4. The molecule has 0 unspecified atom stereocenters. The highest BCUT2D eigenvalue weighted by molar-refractivity contribution is 7.14. The van der Waals surface area contributed by atoms with Gasteiger partial charge in [0.15, 0.2) is 10.9 Å². The van der Waals surface area contributed by atoms with E-state index in [2.05, 4.69) is 10.3 Å². The average molecular weight is 424 g/mol. The fourth-order valence-corrected chi connectivity index (χ4v) is 3.51. The van der Waals surface area contributed by atoms with E-state index < -0.39 is 10.8 Å². The molecule has 0 saturated carbocycles. The van der Waals surface area contributed by atoms with Crippen LogP contribution >= 0.6 is 34.5 Å². The second-order valence-corrected chi connectivity index (χ2v) is 6.96. The third-order valence-corrected chi connectivity index (χ3v) is 4.87. The zero-order chi connectivity index (χ0) is 19.6. The summed E-state index contributed by atoms with van der Waals surface area (Å²) in [4.78, 5) is 27.2. The van der Waals surface area contributed by atoms with Gasteiger partial charge in [-0.2, -0.15) is 0 Å². The maximum absolute atomic E-state index is 12.4. The first-order chi connectivity index (χ1) is 12.9. The topological polar surface area (TPSA) is 94.4 Å². The molecule has 7 nitrogen and oxygen atoms in total. The summed E-state index contributed by atoms with van der Waals surface area (Å²) >= 11 is 13.3. The second kappa shape index (κ2) is 7.91. The van der Waals surface area contributed by atoms with Crippen molar-refractivity contribution in [3.05, 3.63) is 67.5 Å². The highest BCUT2D eigenvalue weighted by Gasteiger charge is 2.19. The summed E-state index contributed by atoms with van der Waals surface area (Å²) in [5.41, 5.74) is 1.08. The molecule has 0 aliphatic heterocycles. The molecule has 0 atom stereocenters. The van der Waals surface area contributed by atoms with Crippen LogP contribution in [0.2, 0.25) is 10.0 Å². The van der Waals surface area contributed by atoms with Gasteiger partial charge in [-0.15, -0.1) is 11.3 Å². The van der Waals surface area contributed by atoms with Crippen molar-refractivity contribution in [3.8, 4) is 17.0 Å². The zero-order valence-electron chi connectivity index (χ0n) is 13.7. The number of anilines is 1. The summed E-state index contributed by atoms with van der Waals surface area (Å²) in [5, 5.41) is 16.7. The lowest BCUT2D eigenvalue weighted by molar-refractivity contribution is -0.385. The highest BCUT2D eigenvalue weighted by Crippen LogP contribution is 2.33. The van der Waals surface area contributed by atoms with Gasteiger partial charge in [-0.05, 0) is 30.3 Å². The van der Waals surface area contributed by atoms with Gasteiger partial charge < -0.3 is 4.74 Å². The zero-order valence-corrected chi connectivity index (χ0v) is 16.1. The number of hydrogen-bond donors (Lipinski definition) is 1. The van der Waals surface area contributed by atoms with Crippen molar-refractivity contribution in [2.24, 2.45) is 0 Å². The van der Waals surface area contributed by atoms with Crippen LogP contribution in [0.15, 0.2) is 41.8 Å². The summed E-state index contributed by atoms with van der Waals surface area (Å²) < 4.78 is 4.93. The quantitative estimate of drug-likeness (QED) is 0.444. The molecular weight excluding hydrogens is 413 g/mol. The lowest BCUT2D eigenvalue weighted by atomic mass is 10.1. The van der Waals surface area contributed by atoms with Gasteiger partial charge in [-0.25, -0.2) is 4.98 Å². The summed E-state index contributed by atoms with van der Waals surface area (Å²) in [7, 11) is 1.32. The van der Waals surface area contributed by atoms with Crippen LogP contribution in [-0.4, -0.2) is 22.9 Å². The predicted octanol–water partition coefficient (Wildman–Crippen LogP) is 5.29. The van der Waals surface area contributed by atoms with Gasteiger partial charge in [0.25, 0.3) is 5.91 Å². The van der Waals surface area contributed by atoms with Gasteiger partial charge in [-0.1, -0.05) is 23.2 Å². The molecule has 1 amide bonds. The minimum atomic E-state index is -0.611. The number of carbonyl (C=O) groups excluding carboxylic acids is 1. The van der Waals surface area contributed by atoms with Crippen molar-refractivity contribution in [2.75, 3.05) is 12.4 Å². The Bertz CT molecular complexity index is 1040. The Labute approximate surface area is 167 Å². The molecule has 0 fully saturated rings. The Morgan fingerprint density at radius 1 is 1.26 bits per heavy atom. The van der Waals surface area contributed by atoms with E-state index in [0.717, 1.165) is 6.07 Å². The fourth-order valence-electron chi connectivity index (χ4n) is 2.30. The predicted molar refractivity (Wildman–Crippen MR) is 105 cm³/mol. The molecule has 3 aromatic rings. The molecule has 3 rings (SSSR count). The smallest absolute Gasteiger partial charge is 0.311 e. The van der Waals surface area contributed by atoms with Crippen LogP contribution < -0.4 is 10.1 Å². The van der Waals surface area contributed by atoms with Crippen LogP contribution in [0.5, 0.6) is 5.75 Å². The molecule has 0 bridgehead atoms. The number of nitro groups is 1. The molecule has 0 aliphatic carbocycles. The standard InChI is InChI=1S/C17H11Cl2N3O4S/c1-26-15-5-2-9(6-14(15)22(24)25)16(23)21-17-20-13(8-27-17)11-4-3-10(18)7-12(11)19/h2-8H,1H3,(H,20,21,23). The van der Waals surface area contributed by atoms with E-state index in [9.17, 15) is 14.9 Å². The van der Waals surface area contributed by atoms with Crippen molar-refractivity contribution >= 4 is 51.3 Å². The van der Waals surface area contributed by atoms with Crippen LogP contribution in [0.25, 0.3) is 11.3 Å². The highest BCUT2D eigenvalue weighted by atomic mass is 35.5. The molecule has 0 spiro atoms. The van der Waals surface area contributed by atoms with Gasteiger partial charge in [0.2, 0.25) is 0 Å². The van der Waals surface area contributed by atoms with Crippen LogP contribution in [0.3, 0.4) is 0 Å². The molecule has 0 aliphatic rings. The van der Waals surface area contributed by atoms with Crippen LogP contribution in [-0.2, 0) is 0 Å². The fraction of sp³-hybridized carbons (Fsp3) is 0.0588. The molecule has 1 heterocycles. The Morgan fingerprint density at radius 3 is 2.70 bits per heavy atom. The first kappa shape index (κ1) is 19.1. The first-order valence-electron chi connectivity index (χ1n) is 7.43. The number of nitrogens with one attached hydrogen (secondary N) is 1. The Balaban J connectivity index is 1.82. The van der Waals surface area contributed by atoms with E-state index in [1.165, 1.54) is 30.6 Å². The summed E-state index contributed by atoms with van der Waals surface area (Å²) in [5.74, 6) is -0.450. The molecular formula is C17H11Cl2N3O4S. The van der Waals surface area contributed by atoms with Crippen molar-refractivity contribution in [2.45, 2.75) is 0 Å². The van der Waals surface area contributed by atoms with Gasteiger partial charge in [-0.3, -0.25) is 20.2 Å². The Hall–Kier alpha value is -2.68. The Kier molecular flexibility index (Phi) is 5.59. The van der Waals surface area contributed by atoms with Crippen LogP contribution in [0.1, 0.15) is 10.4 Å². The monoisotopic (exact) mass is 423 g/mol. The number of aromatic nitrogens is 1. The van der Waals surface area contributed by atoms with E-state index >= 15 is 0 Å². The number of nitro benzene ring substituents is 1. The summed E-state index contributed by atoms with van der Waals surface area (Å²) in [6, 6.07) is 8.99. The van der Waals surface area contributed by atoms with Gasteiger partial charge in [0, 0.05) is 27.6 Å². The molecule has 2 aromatic carbocycles. The van der Waals surface area contributed by atoms with Crippen molar-refractivity contribution in [1.29, 1.82) is 0 Å². The third-order valence-electron chi connectivity index (χ3n) is 3.57. The number of benzene rings is 2. The number of carbonyl (C=O) groups is 1. The summed E-state index contributed by atoms with van der Waals surface area (Å²) in [6.07, 6.45) is 0. The number of thiazole rings is 1. The number of amides is 1. The van der Waals surface area contributed by atoms with Crippen molar-refractivity contribution < 1.29 is 14.5 Å². The van der Waals surface area contributed by atoms with Crippen LogP contribution in [0, 0.1) is 10.1 Å². The molecule has 27 heavy (non-hydrogen) atoms. The van der Waals surface area contributed by atoms with E-state index in [-0.39, 0.29) is 17.0 Å². The number of ether oxygens (including phenoxy) is 1. The van der Waals surface area contributed by atoms with Crippen LogP contribution in [0.4, 0.5) is 10.8 Å². The van der Waals surface area contributed by atoms with E-state index in [0.29, 0.717) is 26.4 Å². The largest absolute Gasteiger partial charge is 0.490 e. The lowest BCUT2D eigenvalue weighted by Crippen LogP contribution is -2.12. The lowest BCUT2D eigenvalue weighted by Gasteiger charge is -2.05. The average Bonchev–Trinajstić information content (AvgIpc) is 3.09. The number of nitrogens with zero attached hydrogens (tertiary/aromatic N) is 2. The van der Waals surface area contributed by atoms with Crippen molar-refractivity contribution in [1.82, 2.24) is 4.98 Å². The summed E-state index contributed by atoms with van der Waals surface area (Å²) in [6.45, 7) is 0. The number of rotatable bonds is 5. The number of halogens is 2. The van der Waals surface area contributed by atoms with E-state index in [1.54, 1.807) is 23.6 Å². The number of methoxy groups -OCH3 is 1. The van der Waals surface area contributed by atoms with Gasteiger partial charge in [0.05, 0.1) is 22.7 Å². The van der Waals surface area contributed by atoms with E-state index in [4.69, 9.17) is 27.9 Å². The Morgan fingerprint density at radius 2 is 2.04 bits per heavy atom. The molecule has 10 heteroatoms. The van der Waals surface area contributed by atoms with Crippen molar-refractivity contribution in [3.63, 3.8) is 0 Å². The minimum absolute atomic E-state index is 0.0745. The maximum Gasteiger partial charge on any atom is 0.311 e. The molecule has 138 valence electrons. The second-order valence-electron chi connectivity index (χ2n) is 5.26. The normalized spacial score (nSPS) is 10.5. The van der Waals surface area contributed by atoms with Gasteiger partial charge >= 0.3 is 5.69 Å². The molecule has 0 saturated heterocycles. The van der Waals surface area contributed by atoms with E-state index in [1.807, 2.05) is 0 Å². The molecule has 0 radical (unpaired) electrons. The molecule has 1 aromatic heterocycles. The first-order valence-corrected chi connectivity index (χ1v) is 9.07. The SMILES string of the molecule is COc1ccc(C(=O)Nc2nc(-c3ccc(Cl)cc3Cl)cs2)cc1[N+](=O)[O-]. The molecule has 1 N–H and O–H groups in total. The number of hydrogen-bond acceptors (Lipinski definition) is 6. The van der Waals surface area contributed by atoms with Gasteiger partial charge in [0.1, 0.15) is 0 Å². The minimum Gasteiger partial charge on any atom is -0.490 e.